The molecule has 0 saturated heterocycles. The van der Waals surface area contributed by atoms with Crippen molar-refractivity contribution >= 4 is 16.9 Å². The quantitative estimate of drug-likeness (QED) is 0.251. The molecule has 5 aromatic rings. The van der Waals surface area contributed by atoms with E-state index < -0.39 is 0 Å². The molecule has 3 aromatic carbocycles. The van der Waals surface area contributed by atoms with E-state index in [1.165, 1.54) is 6.07 Å². The molecule has 0 atom stereocenters. The van der Waals surface area contributed by atoms with Gasteiger partial charge in [0.1, 0.15) is 11.6 Å². The van der Waals surface area contributed by atoms with Crippen LogP contribution in [0.3, 0.4) is 0 Å². The number of nitrogens with zero attached hydrogens (tertiary/aromatic N) is 4. The first-order valence-electron chi connectivity index (χ1n) is 10.4. The summed E-state index contributed by atoms with van der Waals surface area (Å²) >= 11 is 0. The van der Waals surface area contributed by atoms with E-state index >= 15 is 0 Å². The van der Waals surface area contributed by atoms with E-state index in [4.69, 9.17) is 9.72 Å². The predicted octanol–water partition coefficient (Wildman–Crippen LogP) is 5.73. The van der Waals surface area contributed by atoms with Crippen molar-refractivity contribution in [3.05, 3.63) is 107 Å². The van der Waals surface area contributed by atoms with Crippen LogP contribution < -0.4 is 4.74 Å². The molecular weight excluding hydrogens is 416 g/mol. The van der Waals surface area contributed by atoms with Gasteiger partial charge in [0.15, 0.2) is 5.65 Å². The zero-order valence-electron chi connectivity index (χ0n) is 17.9. The Balaban J connectivity index is 1.70. The number of imidazole rings is 1. The minimum atomic E-state index is -0.381. The van der Waals surface area contributed by atoms with Gasteiger partial charge in [0.05, 0.1) is 17.5 Å². The van der Waals surface area contributed by atoms with Gasteiger partial charge in [0, 0.05) is 36.0 Å². The Hall–Kier alpha value is -4.52. The van der Waals surface area contributed by atoms with E-state index in [1.54, 1.807) is 19.2 Å². The smallest absolute Gasteiger partial charge is 0.269 e. The van der Waals surface area contributed by atoms with Crippen molar-refractivity contribution in [1.82, 2.24) is 14.5 Å². The maximum absolute atomic E-state index is 11.3. The van der Waals surface area contributed by atoms with Crippen molar-refractivity contribution in [3.63, 3.8) is 0 Å². The summed E-state index contributed by atoms with van der Waals surface area (Å²) in [7, 11) is 1.62. The lowest BCUT2D eigenvalue weighted by atomic mass is 10.1. The molecule has 0 saturated carbocycles. The number of hydrogen-bond donors (Lipinski definition) is 0. The molecule has 0 bridgehead atoms. The highest BCUT2D eigenvalue weighted by Gasteiger charge is 2.17. The average molecular weight is 436 g/mol. The summed E-state index contributed by atoms with van der Waals surface area (Å²) in [5, 5.41) is 11.3. The van der Waals surface area contributed by atoms with Crippen LogP contribution in [0.5, 0.6) is 5.75 Å². The van der Waals surface area contributed by atoms with Gasteiger partial charge in [-0.2, -0.15) is 0 Å². The summed E-state index contributed by atoms with van der Waals surface area (Å²) < 4.78 is 7.44. The van der Waals surface area contributed by atoms with Crippen LogP contribution in [0.2, 0.25) is 0 Å². The normalized spacial score (nSPS) is 10.9. The molecule has 0 amide bonds. The van der Waals surface area contributed by atoms with Crippen molar-refractivity contribution in [3.8, 4) is 28.3 Å². The van der Waals surface area contributed by atoms with E-state index in [0.29, 0.717) is 18.0 Å². The van der Waals surface area contributed by atoms with Gasteiger partial charge in [-0.05, 0) is 29.3 Å². The molecule has 7 heteroatoms. The van der Waals surface area contributed by atoms with Crippen LogP contribution in [-0.2, 0) is 6.54 Å². The Kier molecular flexibility index (Phi) is 5.28. The third-order valence-electron chi connectivity index (χ3n) is 5.50. The van der Waals surface area contributed by atoms with Crippen molar-refractivity contribution in [2.24, 2.45) is 0 Å². The second-order valence-electron chi connectivity index (χ2n) is 7.61. The van der Waals surface area contributed by atoms with Crippen molar-refractivity contribution in [1.29, 1.82) is 0 Å². The van der Waals surface area contributed by atoms with Gasteiger partial charge in [-0.3, -0.25) is 10.1 Å². The Bertz CT molecular complexity index is 1460. The molecule has 0 spiro atoms. The van der Waals surface area contributed by atoms with Gasteiger partial charge < -0.3 is 9.30 Å². The fourth-order valence-electron chi connectivity index (χ4n) is 3.89. The average Bonchev–Trinajstić information content (AvgIpc) is 3.22. The molecule has 162 valence electrons. The van der Waals surface area contributed by atoms with Gasteiger partial charge in [-0.25, -0.2) is 9.97 Å². The number of nitro groups is 1. The molecule has 0 radical (unpaired) electrons. The second kappa shape index (κ2) is 8.55. The number of pyridine rings is 1. The molecule has 33 heavy (non-hydrogen) atoms. The maximum atomic E-state index is 11.3. The standard InChI is InChI=1S/C26H20N4O3/c1-33-23-12-6-10-20(14-23)26-28-25-24(15-21(16-27-25)19-8-3-2-4-9-19)29(26)17-18-7-5-11-22(13-18)30(31)32/h2-16H,17H2,1H3. The Morgan fingerprint density at radius 2 is 1.70 bits per heavy atom. The summed E-state index contributed by atoms with van der Waals surface area (Å²) in [6, 6.07) is 26.4. The fraction of sp³-hybridized carbons (Fsp3) is 0.0769. The van der Waals surface area contributed by atoms with Gasteiger partial charge in [-0.1, -0.05) is 54.6 Å². The molecule has 0 fully saturated rings. The van der Waals surface area contributed by atoms with Crippen LogP contribution in [0.1, 0.15) is 5.56 Å². The highest BCUT2D eigenvalue weighted by atomic mass is 16.6. The second-order valence-corrected chi connectivity index (χ2v) is 7.61. The highest BCUT2D eigenvalue weighted by Crippen LogP contribution is 2.30. The summed E-state index contributed by atoms with van der Waals surface area (Å²) in [5.74, 6) is 1.44. The minimum Gasteiger partial charge on any atom is -0.497 e. The van der Waals surface area contributed by atoms with E-state index in [0.717, 1.165) is 33.5 Å². The maximum Gasteiger partial charge on any atom is 0.269 e. The summed E-state index contributed by atoms with van der Waals surface area (Å²) in [6.45, 7) is 0.407. The van der Waals surface area contributed by atoms with Crippen LogP contribution in [-0.4, -0.2) is 26.6 Å². The number of non-ortho nitro benzene ring substituents is 1. The molecule has 7 nitrogen and oxygen atoms in total. The van der Waals surface area contributed by atoms with Crippen LogP contribution >= 0.6 is 0 Å². The lowest BCUT2D eigenvalue weighted by Gasteiger charge is -2.11. The summed E-state index contributed by atoms with van der Waals surface area (Å²) in [6.07, 6.45) is 1.82. The monoisotopic (exact) mass is 436 g/mol. The molecule has 2 heterocycles. The number of aromatic nitrogens is 3. The number of methoxy groups -OCH3 is 1. The fourth-order valence-corrected chi connectivity index (χ4v) is 3.89. The number of hydrogen-bond acceptors (Lipinski definition) is 5. The number of ether oxygens (including phenoxy) is 1. The molecule has 0 aliphatic rings. The van der Waals surface area contributed by atoms with E-state index in [9.17, 15) is 10.1 Å². The number of nitro benzene ring substituents is 1. The molecular formula is C26H20N4O3. The molecule has 5 rings (SSSR count). The van der Waals surface area contributed by atoms with Crippen molar-refractivity contribution in [2.75, 3.05) is 7.11 Å². The van der Waals surface area contributed by atoms with Crippen molar-refractivity contribution < 1.29 is 9.66 Å². The minimum absolute atomic E-state index is 0.0583. The molecule has 0 aliphatic heterocycles. The predicted molar refractivity (Wildman–Crippen MR) is 127 cm³/mol. The number of rotatable bonds is 6. The van der Waals surface area contributed by atoms with E-state index in [-0.39, 0.29) is 10.6 Å². The van der Waals surface area contributed by atoms with Gasteiger partial charge in [0.25, 0.3) is 5.69 Å². The Morgan fingerprint density at radius 3 is 2.48 bits per heavy atom. The SMILES string of the molecule is COc1cccc(-c2nc3ncc(-c4ccccc4)cc3n2Cc2cccc([N+](=O)[O-])c2)c1. The van der Waals surface area contributed by atoms with Crippen LogP contribution in [0.4, 0.5) is 5.69 Å². The first-order chi connectivity index (χ1) is 16.1. The van der Waals surface area contributed by atoms with Gasteiger partial charge in [-0.15, -0.1) is 0 Å². The third kappa shape index (κ3) is 4.04. The topological polar surface area (TPSA) is 83.1 Å². The molecule has 0 unspecified atom stereocenters. The Labute approximate surface area is 190 Å². The van der Waals surface area contributed by atoms with Crippen LogP contribution in [0, 0.1) is 10.1 Å². The molecule has 0 aliphatic carbocycles. The lowest BCUT2D eigenvalue weighted by Crippen LogP contribution is -2.03. The largest absolute Gasteiger partial charge is 0.497 e. The van der Waals surface area contributed by atoms with Gasteiger partial charge >= 0.3 is 0 Å². The first kappa shape index (κ1) is 20.4. The number of fused-ring (bicyclic) bond motifs is 1. The first-order valence-corrected chi connectivity index (χ1v) is 10.4. The zero-order valence-corrected chi connectivity index (χ0v) is 17.9. The zero-order chi connectivity index (χ0) is 22.8. The Morgan fingerprint density at radius 1 is 0.909 bits per heavy atom. The summed E-state index contributed by atoms with van der Waals surface area (Å²) in [5.41, 5.74) is 5.22. The number of benzene rings is 3. The lowest BCUT2D eigenvalue weighted by molar-refractivity contribution is -0.384. The molecule has 2 aromatic heterocycles. The molecule has 0 N–H and O–H groups in total. The van der Waals surface area contributed by atoms with Crippen molar-refractivity contribution in [2.45, 2.75) is 6.54 Å². The van der Waals surface area contributed by atoms with E-state index in [1.807, 2.05) is 71.4 Å². The highest BCUT2D eigenvalue weighted by molar-refractivity contribution is 5.82. The summed E-state index contributed by atoms with van der Waals surface area (Å²) in [4.78, 5) is 20.3. The van der Waals surface area contributed by atoms with Gasteiger partial charge in [0.2, 0.25) is 0 Å². The van der Waals surface area contributed by atoms with E-state index in [2.05, 4.69) is 11.1 Å². The van der Waals surface area contributed by atoms with Crippen LogP contribution in [0.15, 0.2) is 91.1 Å². The van der Waals surface area contributed by atoms with Crippen LogP contribution in [0.25, 0.3) is 33.7 Å². The third-order valence-corrected chi connectivity index (χ3v) is 5.50.